The Morgan fingerprint density at radius 2 is 1.65 bits per heavy atom. The number of hydrogen-bond acceptors (Lipinski definition) is 5. The molecule has 1 fully saturated rings. The minimum atomic E-state index is -3.26. The molecule has 2 aromatic carbocycles. The second-order valence-corrected chi connectivity index (χ2v) is 11.7. The van der Waals surface area contributed by atoms with E-state index in [-0.39, 0.29) is 0 Å². The van der Waals surface area contributed by atoms with Crippen molar-refractivity contribution < 1.29 is 8.42 Å². The Labute approximate surface area is 203 Å². The van der Waals surface area contributed by atoms with Gasteiger partial charge in [0.25, 0.3) is 0 Å². The summed E-state index contributed by atoms with van der Waals surface area (Å²) in [4.78, 5) is 12.3. The summed E-state index contributed by atoms with van der Waals surface area (Å²) in [6.07, 6.45) is 1.55. The van der Waals surface area contributed by atoms with E-state index in [1.165, 1.54) is 11.1 Å². The van der Waals surface area contributed by atoms with Crippen molar-refractivity contribution >= 4 is 15.8 Å². The summed E-state index contributed by atoms with van der Waals surface area (Å²) in [6.45, 7) is 9.88. The van der Waals surface area contributed by atoms with E-state index in [0.29, 0.717) is 26.2 Å². The summed E-state index contributed by atoms with van der Waals surface area (Å²) in [5, 5.41) is -0.411. The predicted molar refractivity (Wildman–Crippen MR) is 139 cm³/mol. The first-order valence-corrected chi connectivity index (χ1v) is 13.5. The van der Waals surface area contributed by atoms with Gasteiger partial charge in [0.2, 0.25) is 10.0 Å². The number of sulfonamides is 1. The quantitative estimate of drug-likeness (QED) is 0.501. The van der Waals surface area contributed by atoms with Crippen LogP contribution in [-0.4, -0.2) is 54.1 Å². The van der Waals surface area contributed by atoms with E-state index in [9.17, 15) is 8.42 Å². The lowest BCUT2D eigenvalue weighted by Gasteiger charge is -2.36. The van der Waals surface area contributed by atoms with Crippen LogP contribution >= 0.6 is 0 Å². The number of piperazine rings is 1. The SMILES string of the molecule is CCc1nc(-c2ccccc2)nc(N2CCN(S(=O)(=O)C(C)C)CC2)c1Cc1cccc(C)c1. The van der Waals surface area contributed by atoms with Crippen molar-refractivity contribution in [3.63, 3.8) is 0 Å². The lowest BCUT2D eigenvalue weighted by Crippen LogP contribution is -2.51. The Balaban J connectivity index is 1.74. The van der Waals surface area contributed by atoms with Gasteiger partial charge in [-0.2, -0.15) is 4.31 Å². The molecule has 0 unspecified atom stereocenters. The average Bonchev–Trinajstić information content (AvgIpc) is 2.84. The van der Waals surface area contributed by atoms with Gasteiger partial charge >= 0.3 is 0 Å². The molecule has 0 bridgehead atoms. The fourth-order valence-electron chi connectivity index (χ4n) is 4.45. The number of benzene rings is 2. The summed E-state index contributed by atoms with van der Waals surface area (Å²) < 4.78 is 27.0. The van der Waals surface area contributed by atoms with Crippen molar-refractivity contribution in [2.45, 2.75) is 45.8 Å². The third kappa shape index (κ3) is 5.15. The molecule has 0 amide bonds. The highest BCUT2D eigenvalue weighted by atomic mass is 32.2. The molecular formula is C27H34N4O2S. The maximum atomic E-state index is 12.7. The molecule has 34 heavy (non-hydrogen) atoms. The normalized spacial score (nSPS) is 15.1. The van der Waals surface area contributed by atoms with Crippen LogP contribution in [0.1, 0.15) is 43.2 Å². The van der Waals surface area contributed by atoms with Crippen molar-refractivity contribution in [3.8, 4) is 11.4 Å². The number of hydrogen-bond donors (Lipinski definition) is 0. The van der Waals surface area contributed by atoms with Crippen LogP contribution in [0.4, 0.5) is 5.82 Å². The molecule has 7 heteroatoms. The molecule has 6 nitrogen and oxygen atoms in total. The van der Waals surface area contributed by atoms with Gasteiger partial charge in [-0.3, -0.25) is 0 Å². The molecule has 4 rings (SSSR count). The van der Waals surface area contributed by atoms with Crippen molar-refractivity contribution in [2.24, 2.45) is 0 Å². The number of aromatic nitrogens is 2. The van der Waals surface area contributed by atoms with Crippen molar-refractivity contribution in [2.75, 3.05) is 31.1 Å². The zero-order chi connectivity index (χ0) is 24.3. The van der Waals surface area contributed by atoms with E-state index in [2.05, 4.69) is 43.0 Å². The monoisotopic (exact) mass is 478 g/mol. The maximum Gasteiger partial charge on any atom is 0.216 e. The van der Waals surface area contributed by atoms with Gasteiger partial charge in [-0.15, -0.1) is 0 Å². The number of aryl methyl sites for hydroxylation is 2. The molecule has 1 aromatic heterocycles. The van der Waals surface area contributed by atoms with E-state index in [1.807, 2.05) is 30.3 Å². The molecular weight excluding hydrogens is 444 g/mol. The molecule has 0 N–H and O–H groups in total. The molecule has 180 valence electrons. The van der Waals surface area contributed by atoms with Gasteiger partial charge in [0.05, 0.1) is 5.25 Å². The third-order valence-electron chi connectivity index (χ3n) is 6.39. The van der Waals surface area contributed by atoms with Crippen LogP contribution in [0.5, 0.6) is 0 Å². The van der Waals surface area contributed by atoms with Crippen LogP contribution < -0.4 is 4.90 Å². The van der Waals surface area contributed by atoms with Crippen molar-refractivity contribution in [3.05, 3.63) is 77.0 Å². The first-order valence-electron chi connectivity index (χ1n) is 12.0. The highest BCUT2D eigenvalue weighted by Crippen LogP contribution is 2.29. The van der Waals surface area contributed by atoms with Gasteiger partial charge in [-0.25, -0.2) is 18.4 Å². The Bertz CT molecular complexity index is 1230. The van der Waals surface area contributed by atoms with Crippen LogP contribution in [0.3, 0.4) is 0 Å². The molecule has 1 aliphatic heterocycles. The first kappa shape index (κ1) is 24.4. The number of anilines is 1. The molecule has 0 atom stereocenters. The Morgan fingerprint density at radius 3 is 2.26 bits per heavy atom. The molecule has 1 saturated heterocycles. The van der Waals surface area contributed by atoms with Gasteiger partial charge in [-0.05, 0) is 32.8 Å². The summed E-state index contributed by atoms with van der Waals surface area (Å²) in [5.74, 6) is 1.64. The lowest BCUT2D eigenvalue weighted by atomic mass is 10.00. The zero-order valence-corrected chi connectivity index (χ0v) is 21.3. The van der Waals surface area contributed by atoms with Crippen LogP contribution in [-0.2, 0) is 22.9 Å². The summed E-state index contributed by atoms with van der Waals surface area (Å²) in [5.41, 5.74) is 5.62. The zero-order valence-electron chi connectivity index (χ0n) is 20.5. The first-order chi connectivity index (χ1) is 16.3. The second kappa shape index (κ2) is 10.2. The Hall–Kier alpha value is -2.77. The van der Waals surface area contributed by atoms with E-state index in [1.54, 1.807) is 18.2 Å². The number of rotatable bonds is 7. The summed E-state index contributed by atoms with van der Waals surface area (Å²) in [7, 11) is -3.26. The Morgan fingerprint density at radius 1 is 0.941 bits per heavy atom. The standard InChI is InChI=1S/C27H34N4O2S/c1-5-25-24(19-22-11-9-10-21(4)18-22)27(29-26(28-25)23-12-7-6-8-13-23)30-14-16-31(17-15-30)34(32,33)20(2)3/h6-13,18,20H,5,14-17,19H2,1-4H3. The average molecular weight is 479 g/mol. The molecule has 3 aromatic rings. The van der Waals surface area contributed by atoms with Gasteiger partial charge in [0.15, 0.2) is 5.82 Å². The van der Waals surface area contributed by atoms with E-state index >= 15 is 0 Å². The van der Waals surface area contributed by atoms with Crippen molar-refractivity contribution in [1.82, 2.24) is 14.3 Å². The van der Waals surface area contributed by atoms with Gasteiger partial charge < -0.3 is 4.90 Å². The van der Waals surface area contributed by atoms with Gasteiger partial charge in [-0.1, -0.05) is 67.1 Å². The van der Waals surface area contributed by atoms with E-state index < -0.39 is 15.3 Å². The van der Waals surface area contributed by atoms with Crippen LogP contribution in [0, 0.1) is 6.92 Å². The van der Waals surface area contributed by atoms with Crippen LogP contribution in [0.2, 0.25) is 0 Å². The fraction of sp³-hybridized carbons (Fsp3) is 0.407. The highest BCUT2D eigenvalue weighted by Gasteiger charge is 2.31. The van der Waals surface area contributed by atoms with Gasteiger partial charge in [0, 0.05) is 49.4 Å². The third-order valence-corrected chi connectivity index (χ3v) is 8.67. The molecule has 0 spiro atoms. The summed E-state index contributed by atoms with van der Waals surface area (Å²) in [6, 6.07) is 18.6. The van der Waals surface area contributed by atoms with E-state index in [0.717, 1.165) is 41.3 Å². The van der Waals surface area contributed by atoms with Crippen molar-refractivity contribution in [1.29, 1.82) is 0 Å². The minimum absolute atomic E-state index is 0.411. The lowest BCUT2D eigenvalue weighted by molar-refractivity contribution is 0.379. The second-order valence-electron chi connectivity index (χ2n) is 9.16. The van der Waals surface area contributed by atoms with Crippen LogP contribution in [0.15, 0.2) is 54.6 Å². The highest BCUT2D eigenvalue weighted by molar-refractivity contribution is 7.89. The van der Waals surface area contributed by atoms with Crippen LogP contribution in [0.25, 0.3) is 11.4 Å². The summed E-state index contributed by atoms with van der Waals surface area (Å²) >= 11 is 0. The Kier molecular flexibility index (Phi) is 7.33. The largest absolute Gasteiger partial charge is 0.354 e. The molecule has 1 aliphatic rings. The predicted octanol–water partition coefficient (Wildman–Crippen LogP) is 4.47. The smallest absolute Gasteiger partial charge is 0.216 e. The molecule has 2 heterocycles. The molecule has 0 radical (unpaired) electrons. The minimum Gasteiger partial charge on any atom is -0.354 e. The topological polar surface area (TPSA) is 66.4 Å². The molecule has 0 saturated carbocycles. The van der Waals surface area contributed by atoms with E-state index in [4.69, 9.17) is 9.97 Å². The number of nitrogens with zero attached hydrogens (tertiary/aromatic N) is 4. The fourth-order valence-corrected chi connectivity index (χ4v) is 5.72. The van der Waals surface area contributed by atoms with Gasteiger partial charge in [0.1, 0.15) is 5.82 Å². The molecule has 0 aliphatic carbocycles. The maximum absolute atomic E-state index is 12.7.